The molecule has 0 aromatic heterocycles. The first-order chi connectivity index (χ1) is 12.1. The van der Waals surface area contributed by atoms with Gasteiger partial charge in [-0.05, 0) is 25.9 Å². The molecule has 26 heavy (non-hydrogen) atoms. The van der Waals surface area contributed by atoms with Gasteiger partial charge < -0.3 is 10.8 Å². The van der Waals surface area contributed by atoms with Gasteiger partial charge in [-0.15, -0.1) is 0 Å². The van der Waals surface area contributed by atoms with E-state index in [1.807, 2.05) is 0 Å². The molecule has 1 saturated heterocycles. The van der Waals surface area contributed by atoms with Gasteiger partial charge in [-0.1, -0.05) is 6.42 Å². The minimum absolute atomic E-state index is 0.207. The van der Waals surface area contributed by atoms with Crippen molar-refractivity contribution < 1.29 is 24.7 Å². The van der Waals surface area contributed by atoms with Gasteiger partial charge in [0, 0.05) is 0 Å². The minimum atomic E-state index is -1.21. The fourth-order valence-corrected chi connectivity index (χ4v) is 2.31. The van der Waals surface area contributed by atoms with Crippen molar-refractivity contribution in [3.8, 4) is 5.75 Å². The van der Waals surface area contributed by atoms with Crippen LogP contribution in [0.5, 0.6) is 5.75 Å². The number of nitrogens with zero attached hydrogens (tertiary/aromatic N) is 4. The van der Waals surface area contributed by atoms with Crippen LogP contribution >= 0.6 is 0 Å². The van der Waals surface area contributed by atoms with Gasteiger partial charge in [0.15, 0.2) is 0 Å². The zero-order valence-corrected chi connectivity index (χ0v) is 13.6. The first-order valence-corrected chi connectivity index (χ1v) is 7.44. The number of hydrogen-bond acceptors (Lipinski definition) is 9. The number of primary amides is 1. The van der Waals surface area contributed by atoms with E-state index in [2.05, 4.69) is 4.90 Å². The van der Waals surface area contributed by atoms with E-state index in [-0.39, 0.29) is 5.91 Å². The zero-order valence-electron chi connectivity index (χ0n) is 13.6. The number of hydrogen-bond donors (Lipinski definition) is 2. The molecule has 0 unspecified atom stereocenters. The van der Waals surface area contributed by atoms with E-state index in [1.54, 1.807) is 0 Å². The maximum absolute atomic E-state index is 10.4. The summed E-state index contributed by atoms with van der Waals surface area (Å²) in [5.74, 6) is -1.41. The maximum Gasteiger partial charge on any atom is 0.324 e. The summed E-state index contributed by atoms with van der Waals surface area (Å²) in [6, 6.07) is 0.894. The Balaban J connectivity index is 0.000000289. The van der Waals surface area contributed by atoms with Gasteiger partial charge in [-0.3, -0.25) is 40.0 Å². The van der Waals surface area contributed by atoms with E-state index in [0.717, 1.165) is 13.1 Å². The van der Waals surface area contributed by atoms with E-state index in [1.165, 1.54) is 19.3 Å². The van der Waals surface area contributed by atoms with Crippen molar-refractivity contribution in [1.29, 1.82) is 0 Å². The Morgan fingerprint density at radius 3 is 1.81 bits per heavy atom. The molecule has 13 heteroatoms. The number of nitro groups is 3. The number of carbonyl (C=O) groups is 1. The fraction of sp³-hybridized carbons (Fsp3) is 0.462. The highest BCUT2D eigenvalue weighted by molar-refractivity contribution is 5.75. The van der Waals surface area contributed by atoms with Crippen molar-refractivity contribution in [2.75, 3.05) is 19.6 Å². The average Bonchev–Trinajstić information content (AvgIpc) is 2.55. The Bertz CT molecular complexity index is 681. The Kier molecular flexibility index (Phi) is 7.34. The molecule has 142 valence electrons. The number of benzene rings is 1. The number of non-ortho nitro benzene ring substituents is 1. The predicted molar refractivity (Wildman–Crippen MR) is 87.6 cm³/mol. The smallest absolute Gasteiger partial charge is 0.324 e. The molecule has 0 aliphatic carbocycles. The highest BCUT2D eigenvalue weighted by Crippen LogP contribution is 2.38. The number of likely N-dealkylation sites (tertiary alicyclic amines) is 1. The van der Waals surface area contributed by atoms with Crippen molar-refractivity contribution >= 4 is 23.0 Å². The number of nitro benzene ring substituents is 3. The zero-order chi connectivity index (χ0) is 19.9. The summed E-state index contributed by atoms with van der Waals surface area (Å²) in [7, 11) is 0. The highest BCUT2D eigenvalue weighted by atomic mass is 16.6. The molecule has 2 rings (SSSR count). The number of carbonyl (C=O) groups excluding carboxylic acids is 1. The lowest BCUT2D eigenvalue weighted by Gasteiger charge is -2.24. The molecule has 1 aromatic carbocycles. The van der Waals surface area contributed by atoms with Crippen molar-refractivity contribution in [1.82, 2.24) is 4.90 Å². The van der Waals surface area contributed by atoms with Crippen molar-refractivity contribution in [3.05, 3.63) is 42.5 Å². The molecule has 0 radical (unpaired) electrons. The van der Waals surface area contributed by atoms with Gasteiger partial charge in [0.25, 0.3) is 11.4 Å². The Labute approximate surface area is 146 Å². The molecule has 0 bridgehead atoms. The largest absolute Gasteiger partial charge is 0.497 e. The summed E-state index contributed by atoms with van der Waals surface area (Å²) in [4.78, 5) is 40.3. The molecule has 1 aliphatic rings. The second kappa shape index (κ2) is 9.22. The number of amides is 1. The van der Waals surface area contributed by atoms with Crippen LogP contribution in [0.15, 0.2) is 12.1 Å². The molecule has 3 N–H and O–H groups in total. The molecule has 1 amide bonds. The Hall–Kier alpha value is -3.35. The van der Waals surface area contributed by atoms with E-state index in [4.69, 9.17) is 10.8 Å². The number of piperidine rings is 1. The van der Waals surface area contributed by atoms with Gasteiger partial charge in [0.05, 0.1) is 33.4 Å². The molecule has 1 fully saturated rings. The summed E-state index contributed by atoms with van der Waals surface area (Å²) in [5.41, 5.74) is 2.04. The van der Waals surface area contributed by atoms with E-state index in [9.17, 15) is 35.1 Å². The van der Waals surface area contributed by atoms with Crippen LogP contribution in [0, 0.1) is 30.3 Å². The molecule has 13 nitrogen and oxygen atoms in total. The van der Waals surface area contributed by atoms with Gasteiger partial charge in [-0.2, -0.15) is 0 Å². The summed E-state index contributed by atoms with van der Waals surface area (Å²) >= 11 is 0. The third kappa shape index (κ3) is 5.94. The number of rotatable bonds is 5. The number of nitrogens with two attached hydrogens (primary N) is 1. The Morgan fingerprint density at radius 1 is 1.00 bits per heavy atom. The lowest BCUT2D eigenvalue weighted by molar-refractivity contribution is -0.404. The van der Waals surface area contributed by atoms with Crippen LogP contribution in [0.3, 0.4) is 0 Å². The molecule has 0 spiro atoms. The molecule has 0 atom stereocenters. The summed E-state index contributed by atoms with van der Waals surface area (Å²) in [6.45, 7) is 2.53. The first-order valence-electron chi connectivity index (χ1n) is 7.44. The predicted octanol–water partition coefficient (Wildman–Crippen LogP) is 1.07. The molecular weight excluding hydrogens is 354 g/mol. The number of phenols is 1. The van der Waals surface area contributed by atoms with Gasteiger partial charge in [-0.25, -0.2) is 0 Å². The van der Waals surface area contributed by atoms with Crippen molar-refractivity contribution in [3.63, 3.8) is 0 Å². The van der Waals surface area contributed by atoms with Crippen LogP contribution in [0.25, 0.3) is 0 Å². The van der Waals surface area contributed by atoms with Crippen molar-refractivity contribution in [2.24, 2.45) is 5.73 Å². The van der Waals surface area contributed by atoms with Gasteiger partial charge in [0.1, 0.15) is 0 Å². The average molecular weight is 371 g/mol. The Morgan fingerprint density at radius 2 is 1.46 bits per heavy atom. The normalized spacial score (nSPS) is 14.0. The topological polar surface area (TPSA) is 196 Å². The quantitative estimate of drug-likeness (QED) is 0.561. The van der Waals surface area contributed by atoms with E-state index >= 15 is 0 Å². The molecule has 1 heterocycles. The second-order valence-electron chi connectivity index (χ2n) is 5.41. The van der Waals surface area contributed by atoms with Crippen LogP contribution in [-0.4, -0.2) is 50.3 Å². The molecule has 1 aliphatic heterocycles. The summed E-state index contributed by atoms with van der Waals surface area (Å²) < 4.78 is 0. The third-order valence-electron chi connectivity index (χ3n) is 3.49. The molecule has 0 saturated carbocycles. The lowest BCUT2D eigenvalue weighted by Crippen LogP contribution is -2.37. The van der Waals surface area contributed by atoms with Gasteiger partial charge in [0.2, 0.25) is 5.91 Å². The first kappa shape index (κ1) is 20.7. The van der Waals surface area contributed by atoms with Crippen LogP contribution in [0.1, 0.15) is 19.3 Å². The van der Waals surface area contributed by atoms with E-state index < -0.39 is 37.6 Å². The molecular formula is C13H17N5O8. The lowest BCUT2D eigenvalue weighted by atomic mass is 10.1. The fourth-order valence-electron chi connectivity index (χ4n) is 2.31. The standard InChI is InChI=1S/C7H14N2O.C6H3N3O7/c8-7(10)6-9-4-2-1-3-5-9;10-6-4(8(13)14)1-3(7(11)12)2-5(6)9(15)16/h1-6H2,(H2,8,10);1-2,10H. The second-order valence-corrected chi connectivity index (χ2v) is 5.41. The van der Waals surface area contributed by atoms with Gasteiger partial charge >= 0.3 is 11.4 Å². The monoisotopic (exact) mass is 371 g/mol. The van der Waals surface area contributed by atoms with Crippen LogP contribution in [-0.2, 0) is 4.79 Å². The summed E-state index contributed by atoms with van der Waals surface area (Å²) in [6.07, 6.45) is 3.73. The van der Waals surface area contributed by atoms with Crippen LogP contribution < -0.4 is 5.73 Å². The third-order valence-corrected chi connectivity index (χ3v) is 3.49. The summed E-state index contributed by atoms with van der Waals surface area (Å²) in [5, 5.41) is 40.2. The maximum atomic E-state index is 10.4. The van der Waals surface area contributed by atoms with Crippen molar-refractivity contribution in [2.45, 2.75) is 19.3 Å². The minimum Gasteiger partial charge on any atom is -0.497 e. The van der Waals surface area contributed by atoms with E-state index in [0.29, 0.717) is 18.7 Å². The molecule has 1 aromatic rings. The number of phenolic OH excluding ortho intramolecular Hbond substituents is 1. The number of aromatic hydroxyl groups is 1. The highest BCUT2D eigenvalue weighted by Gasteiger charge is 2.30. The van der Waals surface area contributed by atoms with Crippen LogP contribution in [0.4, 0.5) is 17.1 Å². The SMILES string of the molecule is NC(=O)CN1CCCCC1.O=[N+]([O-])c1cc([N+](=O)[O-])c(O)c([N+](=O)[O-])c1. The van der Waals surface area contributed by atoms with Crippen LogP contribution in [0.2, 0.25) is 0 Å².